The van der Waals surface area contributed by atoms with E-state index < -0.39 is 0 Å². The molecule has 2 nitrogen and oxygen atoms in total. The molecule has 2 rings (SSSR count). The van der Waals surface area contributed by atoms with Crippen LogP contribution in [-0.2, 0) is 0 Å². The van der Waals surface area contributed by atoms with E-state index in [1.165, 1.54) is 0 Å². The molecule has 0 aliphatic carbocycles. The first kappa shape index (κ1) is 12.6. The molecule has 0 radical (unpaired) electrons. The molecule has 0 fully saturated rings. The molecule has 3 heteroatoms. The van der Waals surface area contributed by atoms with Gasteiger partial charge in [-0.2, -0.15) is 0 Å². The molecule has 90 valence electrons. The summed E-state index contributed by atoms with van der Waals surface area (Å²) in [5.41, 5.74) is 2.11. The summed E-state index contributed by atoms with van der Waals surface area (Å²) in [4.78, 5) is 12.0. The molecule has 0 atom stereocenters. The van der Waals surface area contributed by atoms with E-state index in [1.54, 1.807) is 12.1 Å². The van der Waals surface area contributed by atoms with Crippen molar-refractivity contribution in [2.45, 2.75) is 0 Å². The molecule has 0 aromatic heterocycles. The van der Waals surface area contributed by atoms with Crippen LogP contribution in [0.3, 0.4) is 0 Å². The van der Waals surface area contributed by atoms with E-state index >= 15 is 0 Å². The molecule has 1 amide bonds. The van der Waals surface area contributed by atoms with Gasteiger partial charge in [0.15, 0.2) is 0 Å². The van der Waals surface area contributed by atoms with Gasteiger partial charge in [0.1, 0.15) is 0 Å². The Morgan fingerprint density at radius 1 is 0.944 bits per heavy atom. The van der Waals surface area contributed by atoms with E-state index in [0.717, 1.165) is 10.0 Å². The zero-order chi connectivity index (χ0) is 13.0. The van der Waals surface area contributed by atoms with Crippen molar-refractivity contribution in [2.75, 3.05) is 0 Å². The maximum atomic E-state index is 12.0. The first-order chi connectivity index (χ1) is 8.66. The van der Waals surface area contributed by atoms with Crippen LogP contribution >= 0.6 is 15.9 Å². The lowest BCUT2D eigenvalue weighted by molar-refractivity contribution is 0.0974. The molecule has 0 unspecified atom stereocenters. The van der Waals surface area contributed by atoms with Gasteiger partial charge in [-0.05, 0) is 29.8 Å². The Hall–Kier alpha value is -1.87. The Morgan fingerprint density at radius 2 is 1.56 bits per heavy atom. The van der Waals surface area contributed by atoms with Crippen LogP contribution in [-0.4, -0.2) is 5.91 Å². The molecular formula is C15H12BrNO. The molecular weight excluding hydrogens is 290 g/mol. The molecule has 0 heterocycles. The Morgan fingerprint density at radius 3 is 2.17 bits per heavy atom. The van der Waals surface area contributed by atoms with Gasteiger partial charge in [0.25, 0.3) is 5.91 Å². The van der Waals surface area contributed by atoms with Crippen molar-refractivity contribution in [3.05, 3.63) is 76.8 Å². The zero-order valence-corrected chi connectivity index (χ0v) is 11.3. The van der Waals surface area contributed by atoms with E-state index in [4.69, 9.17) is 0 Å². The van der Waals surface area contributed by atoms with E-state index in [2.05, 4.69) is 27.8 Å². The van der Waals surface area contributed by atoms with Crippen LogP contribution in [0.1, 0.15) is 15.9 Å². The van der Waals surface area contributed by atoms with Gasteiger partial charge < -0.3 is 5.32 Å². The third-order valence-electron chi connectivity index (χ3n) is 2.49. The lowest BCUT2D eigenvalue weighted by atomic mass is 10.1. The third kappa shape index (κ3) is 3.08. The third-order valence-corrected chi connectivity index (χ3v) is 3.02. The summed E-state index contributed by atoms with van der Waals surface area (Å²) < 4.78 is 0.945. The second kappa shape index (κ2) is 5.65. The second-order valence-corrected chi connectivity index (χ2v) is 4.72. The minimum atomic E-state index is -0.156. The summed E-state index contributed by atoms with van der Waals surface area (Å²) in [6.45, 7) is 3.87. The lowest BCUT2D eigenvalue weighted by Gasteiger charge is -2.08. The van der Waals surface area contributed by atoms with Gasteiger partial charge in [0.2, 0.25) is 0 Å². The lowest BCUT2D eigenvalue weighted by Crippen LogP contribution is -2.21. The van der Waals surface area contributed by atoms with E-state index in [0.29, 0.717) is 11.3 Å². The molecule has 2 aromatic rings. The number of nitrogens with one attached hydrogen (secondary N) is 1. The summed E-state index contributed by atoms with van der Waals surface area (Å²) in [6.07, 6.45) is 0. The number of halogens is 1. The predicted molar refractivity (Wildman–Crippen MR) is 77.1 cm³/mol. The van der Waals surface area contributed by atoms with Crippen LogP contribution in [0, 0.1) is 0 Å². The van der Waals surface area contributed by atoms with Crippen LogP contribution in [0.4, 0.5) is 0 Å². The molecule has 18 heavy (non-hydrogen) atoms. The van der Waals surface area contributed by atoms with Crippen molar-refractivity contribution in [2.24, 2.45) is 0 Å². The molecule has 0 saturated heterocycles. The van der Waals surface area contributed by atoms with Gasteiger partial charge in [0, 0.05) is 15.7 Å². The van der Waals surface area contributed by atoms with Crippen LogP contribution in [0.15, 0.2) is 65.6 Å². The van der Waals surface area contributed by atoms with Gasteiger partial charge in [-0.3, -0.25) is 4.79 Å². The first-order valence-corrected chi connectivity index (χ1v) is 6.27. The summed E-state index contributed by atoms with van der Waals surface area (Å²) >= 11 is 3.33. The summed E-state index contributed by atoms with van der Waals surface area (Å²) in [6, 6.07) is 16.7. The van der Waals surface area contributed by atoms with Crippen LogP contribution in [0.25, 0.3) is 5.70 Å². The van der Waals surface area contributed by atoms with Crippen molar-refractivity contribution in [3.63, 3.8) is 0 Å². The molecule has 2 aromatic carbocycles. The molecule has 0 aliphatic rings. The number of rotatable bonds is 3. The number of hydrogen-bond donors (Lipinski definition) is 1. The molecule has 0 bridgehead atoms. The van der Waals surface area contributed by atoms with Gasteiger partial charge in [-0.25, -0.2) is 0 Å². The fourth-order valence-corrected chi connectivity index (χ4v) is 1.79. The second-order valence-electron chi connectivity index (χ2n) is 3.81. The van der Waals surface area contributed by atoms with E-state index in [1.807, 2.05) is 42.5 Å². The Labute approximate surface area is 114 Å². The number of benzene rings is 2. The average molecular weight is 302 g/mol. The van der Waals surface area contributed by atoms with Gasteiger partial charge in [0.05, 0.1) is 0 Å². The fourth-order valence-electron chi connectivity index (χ4n) is 1.52. The fraction of sp³-hybridized carbons (Fsp3) is 0. The largest absolute Gasteiger partial charge is 0.322 e. The highest BCUT2D eigenvalue weighted by atomic mass is 79.9. The summed E-state index contributed by atoms with van der Waals surface area (Å²) in [5, 5.41) is 2.78. The summed E-state index contributed by atoms with van der Waals surface area (Å²) in [7, 11) is 0. The van der Waals surface area contributed by atoms with Crippen LogP contribution in [0.5, 0.6) is 0 Å². The van der Waals surface area contributed by atoms with Crippen molar-refractivity contribution in [3.8, 4) is 0 Å². The van der Waals surface area contributed by atoms with E-state index in [9.17, 15) is 4.79 Å². The minimum absolute atomic E-state index is 0.156. The number of carbonyl (C=O) groups is 1. The molecule has 1 N–H and O–H groups in total. The highest BCUT2D eigenvalue weighted by Crippen LogP contribution is 2.12. The highest BCUT2D eigenvalue weighted by molar-refractivity contribution is 9.10. The quantitative estimate of drug-likeness (QED) is 0.916. The zero-order valence-electron chi connectivity index (χ0n) is 9.69. The normalized spacial score (nSPS) is 9.83. The van der Waals surface area contributed by atoms with E-state index in [-0.39, 0.29) is 5.91 Å². The van der Waals surface area contributed by atoms with Crippen molar-refractivity contribution in [1.29, 1.82) is 0 Å². The first-order valence-electron chi connectivity index (χ1n) is 5.48. The van der Waals surface area contributed by atoms with Crippen LogP contribution < -0.4 is 5.32 Å². The number of carbonyl (C=O) groups excluding carboxylic acids is 1. The van der Waals surface area contributed by atoms with Crippen LogP contribution in [0.2, 0.25) is 0 Å². The maximum absolute atomic E-state index is 12.0. The van der Waals surface area contributed by atoms with Crippen molar-refractivity contribution in [1.82, 2.24) is 5.32 Å². The van der Waals surface area contributed by atoms with Gasteiger partial charge >= 0.3 is 0 Å². The highest BCUT2D eigenvalue weighted by Gasteiger charge is 2.07. The minimum Gasteiger partial charge on any atom is -0.322 e. The molecule has 0 aliphatic heterocycles. The monoisotopic (exact) mass is 301 g/mol. The van der Waals surface area contributed by atoms with Crippen molar-refractivity contribution >= 4 is 27.5 Å². The Bertz CT molecular complexity index is 561. The standard InChI is InChI=1S/C15H12BrNO/c1-11(12-5-3-2-4-6-12)17-15(18)13-7-9-14(16)10-8-13/h2-10H,1H2,(H,17,18). The molecule has 0 spiro atoms. The number of amides is 1. The Kier molecular flexibility index (Phi) is 3.95. The maximum Gasteiger partial charge on any atom is 0.255 e. The SMILES string of the molecule is C=C(NC(=O)c1ccc(Br)cc1)c1ccccc1. The van der Waals surface area contributed by atoms with Gasteiger partial charge in [-0.15, -0.1) is 0 Å². The average Bonchev–Trinajstić information content (AvgIpc) is 2.40. The van der Waals surface area contributed by atoms with Gasteiger partial charge in [-0.1, -0.05) is 52.8 Å². The summed E-state index contributed by atoms with van der Waals surface area (Å²) in [5.74, 6) is -0.156. The topological polar surface area (TPSA) is 29.1 Å². The predicted octanol–water partition coefficient (Wildman–Crippen LogP) is 3.85. The Balaban J connectivity index is 2.08. The van der Waals surface area contributed by atoms with Crippen molar-refractivity contribution < 1.29 is 4.79 Å². The smallest absolute Gasteiger partial charge is 0.255 e. The number of hydrogen-bond acceptors (Lipinski definition) is 1. The molecule has 0 saturated carbocycles.